The Bertz CT molecular complexity index is 656. The molecule has 0 aliphatic heterocycles. The van der Waals surface area contributed by atoms with Crippen molar-refractivity contribution in [3.8, 4) is 0 Å². The van der Waals surface area contributed by atoms with E-state index in [9.17, 15) is 32.9 Å². The first kappa shape index (κ1) is 21.4. The van der Waals surface area contributed by atoms with E-state index in [1.807, 2.05) is 0 Å². The van der Waals surface area contributed by atoms with Crippen LogP contribution in [-0.4, -0.2) is 41.2 Å². The van der Waals surface area contributed by atoms with Gasteiger partial charge in [-0.05, 0) is 26.3 Å². The van der Waals surface area contributed by atoms with Gasteiger partial charge in [-0.15, -0.1) is 0 Å². The number of alkyl halides is 3. The number of carbonyl (C=O) groups is 2. The lowest BCUT2D eigenvalue weighted by molar-refractivity contribution is -0.483. The molecule has 0 saturated carbocycles. The fourth-order valence-corrected chi connectivity index (χ4v) is 2.18. The Hall–Kier alpha value is -2.65. The predicted molar refractivity (Wildman–Crippen MR) is 84.9 cm³/mol. The fourth-order valence-electron chi connectivity index (χ4n) is 2.18. The summed E-state index contributed by atoms with van der Waals surface area (Å²) in [5, 5.41) is 12.5. The first-order chi connectivity index (χ1) is 11.8. The zero-order valence-corrected chi connectivity index (χ0v) is 14.4. The maximum atomic E-state index is 12.6. The van der Waals surface area contributed by atoms with Crippen molar-refractivity contribution >= 4 is 11.9 Å². The van der Waals surface area contributed by atoms with E-state index in [2.05, 4.69) is 0 Å². The van der Waals surface area contributed by atoms with Gasteiger partial charge in [-0.2, -0.15) is 13.2 Å². The minimum Gasteiger partial charge on any atom is -0.458 e. The van der Waals surface area contributed by atoms with Crippen LogP contribution in [0.15, 0.2) is 30.3 Å². The summed E-state index contributed by atoms with van der Waals surface area (Å²) >= 11 is 0. The summed E-state index contributed by atoms with van der Waals surface area (Å²) in [6.07, 6.45) is -5.25. The van der Waals surface area contributed by atoms with Crippen molar-refractivity contribution in [3.63, 3.8) is 0 Å². The SMILES string of the molecule is CC(C)(C)OC(=O)[C@@H](NC(=O)C(F)(F)F)[C@H](C[N+](=O)[O-])c1ccccc1. The highest BCUT2D eigenvalue weighted by atomic mass is 19.4. The lowest BCUT2D eigenvalue weighted by Gasteiger charge is -2.28. The molecule has 0 heterocycles. The van der Waals surface area contributed by atoms with Crippen molar-refractivity contribution in [2.75, 3.05) is 6.54 Å². The summed E-state index contributed by atoms with van der Waals surface area (Å²) in [4.78, 5) is 34.0. The Morgan fingerprint density at radius 3 is 2.15 bits per heavy atom. The summed E-state index contributed by atoms with van der Waals surface area (Å²) in [5.74, 6) is -4.91. The normalized spacial score (nSPS) is 14.2. The Labute approximate surface area is 147 Å². The first-order valence-corrected chi connectivity index (χ1v) is 7.58. The molecule has 0 fully saturated rings. The summed E-state index contributed by atoms with van der Waals surface area (Å²) in [6, 6.07) is 5.59. The Kier molecular flexibility index (Phi) is 6.71. The van der Waals surface area contributed by atoms with Gasteiger partial charge in [0.15, 0.2) is 0 Å². The van der Waals surface area contributed by atoms with Crippen molar-refractivity contribution in [1.82, 2.24) is 5.32 Å². The lowest BCUT2D eigenvalue weighted by atomic mass is 9.91. The minimum atomic E-state index is -5.25. The molecule has 0 unspecified atom stereocenters. The molecule has 0 radical (unpaired) electrons. The molecular weight excluding hydrogens is 357 g/mol. The second-order valence-electron chi connectivity index (χ2n) is 6.51. The third kappa shape index (κ3) is 6.69. The zero-order chi connectivity index (χ0) is 20.1. The maximum absolute atomic E-state index is 12.6. The molecule has 1 aromatic rings. The van der Waals surface area contributed by atoms with Crippen molar-refractivity contribution in [3.05, 3.63) is 46.0 Å². The molecule has 26 heavy (non-hydrogen) atoms. The third-order valence-corrected chi connectivity index (χ3v) is 3.18. The van der Waals surface area contributed by atoms with Gasteiger partial charge in [0.1, 0.15) is 11.6 Å². The molecule has 1 N–H and O–H groups in total. The predicted octanol–water partition coefficient (Wildman–Crippen LogP) is 2.44. The number of hydrogen-bond acceptors (Lipinski definition) is 5. The number of nitrogens with zero attached hydrogens (tertiary/aromatic N) is 1. The van der Waals surface area contributed by atoms with E-state index in [1.54, 1.807) is 11.4 Å². The number of amides is 1. The highest BCUT2D eigenvalue weighted by molar-refractivity contribution is 5.88. The highest BCUT2D eigenvalue weighted by Gasteiger charge is 2.45. The smallest absolute Gasteiger partial charge is 0.458 e. The zero-order valence-electron chi connectivity index (χ0n) is 14.4. The number of carbonyl (C=O) groups excluding carboxylic acids is 2. The van der Waals surface area contributed by atoms with Crippen LogP contribution in [0.1, 0.15) is 32.3 Å². The van der Waals surface area contributed by atoms with E-state index in [1.165, 1.54) is 45.0 Å². The molecule has 0 saturated heterocycles. The number of nitrogens with one attached hydrogen (secondary N) is 1. The molecule has 7 nitrogen and oxygen atoms in total. The number of nitro groups is 1. The number of halogens is 3. The van der Waals surface area contributed by atoms with E-state index < -0.39 is 47.1 Å². The van der Waals surface area contributed by atoms with Crippen molar-refractivity contribution in [2.45, 2.75) is 44.5 Å². The van der Waals surface area contributed by atoms with Crippen LogP contribution >= 0.6 is 0 Å². The van der Waals surface area contributed by atoms with Crippen LogP contribution in [0.2, 0.25) is 0 Å². The number of hydrogen-bond donors (Lipinski definition) is 1. The molecule has 1 amide bonds. The van der Waals surface area contributed by atoms with Crippen molar-refractivity contribution < 1.29 is 32.4 Å². The summed E-state index contributed by atoms with van der Waals surface area (Å²) in [5.41, 5.74) is -0.837. The highest BCUT2D eigenvalue weighted by Crippen LogP contribution is 2.24. The largest absolute Gasteiger partial charge is 0.471 e. The van der Waals surface area contributed by atoms with Crippen LogP contribution in [0.25, 0.3) is 0 Å². The van der Waals surface area contributed by atoms with E-state index in [0.717, 1.165) is 0 Å². The molecule has 0 bridgehead atoms. The maximum Gasteiger partial charge on any atom is 0.471 e. The quantitative estimate of drug-likeness (QED) is 0.467. The lowest BCUT2D eigenvalue weighted by Crippen LogP contribution is -2.52. The van der Waals surface area contributed by atoms with Crippen LogP contribution in [0.4, 0.5) is 13.2 Å². The number of rotatable bonds is 6. The van der Waals surface area contributed by atoms with E-state index in [0.29, 0.717) is 0 Å². The molecule has 10 heteroatoms. The van der Waals surface area contributed by atoms with Crippen LogP contribution in [0.3, 0.4) is 0 Å². The van der Waals surface area contributed by atoms with E-state index in [4.69, 9.17) is 4.74 Å². The van der Waals surface area contributed by atoms with Gasteiger partial charge in [0, 0.05) is 4.92 Å². The van der Waals surface area contributed by atoms with Gasteiger partial charge in [0.05, 0.1) is 5.92 Å². The monoisotopic (exact) mass is 376 g/mol. The van der Waals surface area contributed by atoms with Gasteiger partial charge in [0.2, 0.25) is 6.54 Å². The molecule has 0 aromatic heterocycles. The van der Waals surface area contributed by atoms with Gasteiger partial charge in [-0.1, -0.05) is 30.3 Å². The van der Waals surface area contributed by atoms with E-state index >= 15 is 0 Å². The molecule has 144 valence electrons. The second-order valence-corrected chi connectivity index (χ2v) is 6.51. The van der Waals surface area contributed by atoms with Gasteiger partial charge in [-0.25, -0.2) is 4.79 Å². The Morgan fingerprint density at radius 2 is 1.73 bits per heavy atom. The average molecular weight is 376 g/mol. The van der Waals surface area contributed by atoms with Crippen LogP contribution < -0.4 is 5.32 Å². The summed E-state index contributed by atoms with van der Waals surface area (Å²) < 4.78 is 43.0. The third-order valence-electron chi connectivity index (χ3n) is 3.18. The van der Waals surface area contributed by atoms with Crippen molar-refractivity contribution in [2.24, 2.45) is 0 Å². The van der Waals surface area contributed by atoms with Crippen LogP contribution in [0, 0.1) is 10.1 Å². The van der Waals surface area contributed by atoms with Gasteiger partial charge in [0.25, 0.3) is 0 Å². The standard InChI is InChI=1S/C16H19F3N2O5/c1-15(2,3)26-13(22)12(20-14(23)16(17,18)19)11(9-21(24)25)10-7-5-4-6-8-10/h4-8,11-12H,9H2,1-3H3,(H,20,23)/t11-,12+/m1/s1. The Morgan fingerprint density at radius 1 is 1.19 bits per heavy atom. The van der Waals surface area contributed by atoms with Crippen molar-refractivity contribution in [1.29, 1.82) is 0 Å². The van der Waals surface area contributed by atoms with Gasteiger partial charge < -0.3 is 10.1 Å². The van der Waals surface area contributed by atoms with Crippen LogP contribution in [0.5, 0.6) is 0 Å². The van der Waals surface area contributed by atoms with Crippen LogP contribution in [-0.2, 0) is 14.3 Å². The molecule has 1 rings (SSSR count). The first-order valence-electron chi connectivity index (χ1n) is 7.58. The minimum absolute atomic E-state index is 0.225. The molecule has 0 spiro atoms. The second kappa shape index (κ2) is 8.15. The summed E-state index contributed by atoms with van der Waals surface area (Å²) in [7, 11) is 0. The molecule has 2 atom stereocenters. The molecular formula is C16H19F3N2O5. The van der Waals surface area contributed by atoms with Gasteiger partial charge >= 0.3 is 18.1 Å². The summed E-state index contributed by atoms with van der Waals surface area (Å²) in [6.45, 7) is 3.59. The number of esters is 1. The fraction of sp³-hybridized carbons (Fsp3) is 0.500. The molecule has 1 aromatic carbocycles. The molecule has 0 aliphatic carbocycles. The topological polar surface area (TPSA) is 98.5 Å². The average Bonchev–Trinajstić information content (AvgIpc) is 2.48. The van der Waals surface area contributed by atoms with E-state index in [-0.39, 0.29) is 5.56 Å². The number of benzene rings is 1. The Balaban J connectivity index is 3.30. The number of ether oxygens (including phenoxy) is 1. The molecule has 0 aliphatic rings. The van der Waals surface area contributed by atoms with Gasteiger partial charge in [-0.3, -0.25) is 14.9 Å².